The van der Waals surface area contributed by atoms with Crippen molar-refractivity contribution in [2.24, 2.45) is 0 Å². The zero-order valence-corrected chi connectivity index (χ0v) is 9.76. The third kappa shape index (κ3) is 1.34. The molecule has 84 valence electrons. The molecule has 1 aromatic carbocycles. The van der Waals surface area contributed by atoms with Gasteiger partial charge in [0.15, 0.2) is 0 Å². The Hall–Kier alpha value is -1.09. The quantitative estimate of drug-likeness (QED) is 0.733. The third-order valence-corrected chi connectivity index (χ3v) is 3.56. The summed E-state index contributed by atoms with van der Waals surface area (Å²) >= 11 is 5.90. The lowest BCUT2D eigenvalue weighted by atomic mass is 10.2. The molecule has 1 fully saturated rings. The van der Waals surface area contributed by atoms with Gasteiger partial charge in [0.05, 0.1) is 16.9 Å². The van der Waals surface area contributed by atoms with Crippen molar-refractivity contribution in [2.75, 3.05) is 0 Å². The lowest BCUT2D eigenvalue weighted by Gasteiger charge is -2.14. The topological polar surface area (TPSA) is 17.8 Å². The zero-order valence-electron chi connectivity index (χ0n) is 9.00. The first-order valence-electron chi connectivity index (χ1n) is 5.37. The molecule has 1 aromatic heterocycles. The number of aromatic nitrogens is 2. The van der Waals surface area contributed by atoms with Crippen molar-refractivity contribution < 1.29 is 4.39 Å². The minimum absolute atomic E-state index is 0.136. The fourth-order valence-electron chi connectivity index (χ4n) is 2.20. The molecule has 0 saturated heterocycles. The molecule has 16 heavy (non-hydrogen) atoms. The van der Waals surface area contributed by atoms with Crippen molar-refractivity contribution in [3.05, 3.63) is 29.8 Å². The van der Waals surface area contributed by atoms with Crippen LogP contribution in [0.4, 0.5) is 4.39 Å². The predicted molar refractivity (Wildman–Crippen MR) is 62.1 cm³/mol. The van der Waals surface area contributed by atoms with Gasteiger partial charge in [-0.2, -0.15) is 0 Å². The second-order valence-electron chi connectivity index (χ2n) is 4.63. The molecule has 0 spiro atoms. The Morgan fingerprint density at radius 1 is 1.50 bits per heavy atom. The Labute approximate surface area is 98.0 Å². The summed E-state index contributed by atoms with van der Waals surface area (Å²) < 4.78 is 15.3. The van der Waals surface area contributed by atoms with Gasteiger partial charge in [-0.15, -0.1) is 11.6 Å². The van der Waals surface area contributed by atoms with Gasteiger partial charge < -0.3 is 4.57 Å². The number of imidazole rings is 1. The maximum atomic E-state index is 13.1. The summed E-state index contributed by atoms with van der Waals surface area (Å²) in [4.78, 5) is 4.39. The van der Waals surface area contributed by atoms with E-state index >= 15 is 0 Å². The maximum Gasteiger partial charge on any atom is 0.125 e. The van der Waals surface area contributed by atoms with E-state index in [0.717, 1.165) is 24.2 Å². The van der Waals surface area contributed by atoms with E-state index < -0.39 is 0 Å². The molecular weight excluding hydrogens is 227 g/mol. The molecule has 0 amide bonds. The van der Waals surface area contributed by atoms with Gasteiger partial charge in [0, 0.05) is 11.6 Å². The van der Waals surface area contributed by atoms with Crippen LogP contribution in [-0.4, -0.2) is 9.55 Å². The Morgan fingerprint density at radius 2 is 2.25 bits per heavy atom. The Balaban J connectivity index is 2.31. The summed E-state index contributed by atoms with van der Waals surface area (Å²) in [5.74, 6) is 0.952. The average Bonchev–Trinajstić information content (AvgIpc) is 2.89. The van der Waals surface area contributed by atoms with Gasteiger partial charge in [-0.1, -0.05) is 0 Å². The highest BCUT2D eigenvalue weighted by Gasteiger charge is 2.41. The highest BCUT2D eigenvalue weighted by molar-refractivity contribution is 6.16. The van der Waals surface area contributed by atoms with Crippen molar-refractivity contribution >= 4 is 22.6 Å². The minimum atomic E-state index is -0.251. The molecule has 0 radical (unpaired) electrons. The lowest BCUT2D eigenvalue weighted by Crippen LogP contribution is -2.14. The molecule has 1 aliphatic carbocycles. The fourth-order valence-corrected chi connectivity index (χ4v) is 2.38. The smallest absolute Gasteiger partial charge is 0.125 e. The van der Waals surface area contributed by atoms with Crippen LogP contribution in [0.3, 0.4) is 0 Å². The number of fused-ring (bicyclic) bond motifs is 1. The van der Waals surface area contributed by atoms with Gasteiger partial charge in [-0.25, -0.2) is 9.37 Å². The second kappa shape index (κ2) is 3.20. The average molecular weight is 239 g/mol. The van der Waals surface area contributed by atoms with E-state index in [1.807, 2.05) is 0 Å². The number of hydrogen-bond acceptors (Lipinski definition) is 1. The summed E-state index contributed by atoms with van der Waals surface area (Å²) in [5, 5.41) is 0. The van der Waals surface area contributed by atoms with Crippen LogP contribution >= 0.6 is 11.6 Å². The summed E-state index contributed by atoms with van der Waals surface area (Å²) in [6.45, 7) is 2.19. The Kier molecular flexibility index (Phi) is 2.02. The first-order chi connectivity index (χ1) is 7.64. The van der Waals surface area contributed by atoms with E-state index in [-0.39, 0.29) is 11.4 Å². The Bertz CT molecular complexity index is 557. The van der Waals surface area contributed by atoms with Crippen LogP contribution in [0.2, 0.25) is 0 Å². The second-order valence-corrected chi connectivity index (χ2v) is 4.89. The molecule has 4 heteroatoms. The molecule has 0 unspecified atom stereocenters. The van der Waals surface area contributed by atoms with E-state index in [9.17, 15) is 4.39 Å². The number of nitrogens with zero attached hydrogens (tertiary/aromatic N) is 2. The van der Waals surface area contributed by atoms with E-state index in [1.165, 1.54) is 12.1 Å². The van der Waals surface area contributed by atoms with Gasteiger partial charge in [0.1, 0.15) is 11.6 Å². The molecule has 1 saturated carbocycles. The number of hydrogen-bond donors (Lipinski definition) is 0. The van der Waals surface area contributed by atoms with Crippen molar-refractivity contribution in [1.29, 1.82) is 0 Å². The van der Waals surface area contributed by atoms with Crippen LogP contribution in [0.5, 0.6) is 0 Å². The number of alkyl halides is 1. The predicted octanol–water partition coefficient (Wildman–Crippen LogP) is 3.42. The molecule has 2 nitrogen and oxygen atoms in total. The van der Waals surface area contributed by atoms with Crippen LogP contribution in [0.1, 0.15) is 25.6 Å². The van der Waals surface area contributed by atoms with Crippen LogP contribution in [-0.2, 0) is 11.4 Å². The van der Waals surface area contributed by atoms with E-state index in [1.54, 1.807) is 6.07 Å². The summed E-state index contributed by atoms with van der Waals surface area (Å²) in [6, 6.07) is 4.73. The third-order valence-electron chi connectivity index (χ3n) is 3.32. The first-order valence-corrected chi connectivity index (χ1v) is 5.91. The number of rotatable bonds is 2. The number of halogens is 2. The summed E-state index contributed by atoms with van der Waals surface area (Å²) in [7, 11) is 0. The molecule has 3 rings (SSSR count). The summed E-state index contributed by atoms with van der Waals surface area (Å²) in [6.07, 6.45) is 2.28. The van der Waals surface area contributed by atoms with Crippen molar-refractivity contribution in [3.8, 4) is 0 Å². The first kappa shape index (κ1) is 10.1. The van der Waals surface area contributed by atoms with Crippen LogP contribution in [0.15, 0.2) is 18.2 Å². The van der Waals surface area contributed by atoms with Gasteiger partial charge in [-0.3, -0.25) is 0 Å². The van der Waals surface area contributed by atoms with Gasteiger partial charge >= 0.3 is 0 Å². The lowest BCUT2D eigenvalue weighted by molar-refractivity contribution is 0.531. The molecule has 0 bridgehead atoms. The molecule has 1 heterocycles. The molecule has 0 N–H and O–H groups in total. The van der Waals surface area contributed by atoms with Gasteiger partial charge in [-0.05, 0) is 31.9 Å². The van der Waals surface area contributed by atoms with Crippen LogP contribution in [0, 0.1) is 5.82 Å². The SMILES string of the molecule is CC1(n2c(CCl)nc3cc(F)ccc32)CC1. The monoisotopic (exact) mass is 238 g/mol. The standard InChI is InChI=1S/C12H12ClFN2/c1-12(4-5-12)16-10-3-2-8(14)6-9(10)15-11(16)7-13/h2-3,6H,4-5,7H2,1H3. The minimum Gasteiger partial charge on any atom is -0.321 e. The summed E-state index contributed by atoms with van der Waals surface area (Å²) in [5.41, 5.74) is 1.82. The van der Waals surface area contributed by atoms with Gasteiger partial charge in [0.25, 0.3) is 0 Å². The largest absolute Gasteiger partial charge is 0.321 e. The highest BCUT2D eigenvalue weighted by Crippen LogP contribution is 2.45. The van der Waals surface area contributed by atoms with Gasteiger partial charge in [0.2, 0.25) is 0 Å². The van der Waals surface area contributed by atoms with E-state index in [4.69, 9.17) is 11.6 Å². The van der Waals surface area contributed by atoms with Crippen LogP contribution in [0.25, 0.3) is 11.0 Å². The fraction of sp³-hybridized carbons (Fsp3) is 0.417. The molecule has 0 aliphatic heterocycles. The molecule has 0 atom stereocenters. The molecular formula is C12H12ClFN2. The Morgan fingerprint density at radius 3 is 2.88 bits per heavy atom. The molecule has 2 aromatic rings. The molecule has 1 aliphatic rings. The highest BCUT2D eigenvalue weighted by atomic mass is 35.5. The maximum absolute atomic E-state index is 13.1. The normalized spacial score (nSPS) is 17.9. The zero-order chi connectivity index (χ0) is 11.3. The van der Waals surface area contributed by atoms with Crippen molar-refractivity contribution in [3.63, 3.8) is 0 Å². The van der Waals surface area contributed by atoms with Crippen LogP contribution < -0.4 is 0 Å². The van der Waals surface area contributed by atoms with E-state index in [0.29, 0.717) is 11.4 Å². The number of benzene rings is 1. The van der Waals surface area contributed by atoms with E-state index in [2.05, 4.69) is 16.5 Å². The van der Waals surface area contributed by atoms with Crippen molar-refractivity contribution in [1.82, 2.24) is 9.55 Å². The van der Waals surface area contributed by atoms with Crippen molar-refractivity contribution in [2.45, 2.75) is 31.2 Å².